The standard InChI is InChI=1S/C29H37N3O4/c1-20-10-6-9-15-26(20)36-28(35)32(23(19-33)16-21-11-4-3-5-12-21)29(2,27(30)34)17-22-18-31-25-14-8-7-13-24(22)25/h3-5,7-8,11-14,18,20,23,26,31,33H,6,9-10,15-17,19H2,1-2H3,(H2,30,34). The fourth-order valence-corrected chi connectivity index (χ4v) is 5.46. The van der Waals surface area contributed by atoms with Gasteiger partial charge in [0.05, 0.1) is 12.6 Å². The summed E-state index contributed by atoms with van der Waals surface area (Å²) in [5, 5.41) is 11.5. The van der Waals surface area contributed by atoms with E-state index in [1.165, 1.54) is 4.90 Å². The molecular formula is C29H37N3O4. The van der Waals surface area contributed by atoms with Crippen LogP contribution in [0, 0.1) is 5.92 Å². The van der Waals surface area contributed by atoms with Crippen molar-refractivity contribution in [2.45, 2.75) is 70.1 Å². The number of rotatable bonds is 9. The summed E-state index contributed by atoms with van der Waals surface area (Å²) in [6, 6.07) is 16.7. The predicted molar refractivity (Wildman–Crippen MR) is 140 cm³/mol. The third kappa shape index (κ3) is 5.41. The van der Waals surface area contributed by atoms with Crippen LogP contribution in [0.3, 0.4) is 0 Å². The third-order valence-corrected chi connectivity index (χ3v) is 7.64. The van der Waals surface area contributed by atoms with Crippen LogP contribution in [0.25, 0.3) is 10.9 Å². The van der Waals surface area contributed by atoms with Crippen molar-refractivity contribution in [2.24, 2.45) is 11.7 Å². The Kier molecular flexibility index (Phi) is 7.99. The van der Waals surface area contributed by atoms with Crippen molar-refractivity contribution in [3.05, 3.63) is 71.9 Å². The molecule has 4 unspecified atom stereocenters. The molecule has 0 radical (unpaired) electrons. The van der Waals surface area contributed by atoms with E-state index in [1.807, 2.05) is 60.8 Å². The lowest BCUT2D eigenvalue weighted by Crippen LogP contribution is -2.64. The van der Waals surface area contributed by atoms with Crippen LogP contribution < -0.4 is 5.73 Å². The van der Waals surface area contributed by atoms with Crippen molar-refractivity contribution in [1.29, 1.82) is 0 Å². The Balaban J connectivity index is 1.72. The highest BCUT2D eigenvalue weighted by Gasteiger charge is 2.46. The molecule has 1 fully saturated rings. The summed E-state index contributed by atoms with van der Waals surface area (Å²) < 4.78 is 6.05. The monoisotopic (exact) mass is 491 g/mol. The number of H-pyrrole nitrogens is 1. The number of ether oxygens (including phenoxy) is 1. The van der Waals surface area contributed by atoms with Gasteiger partial charge in [-0.15, -0.1) is 0 Å². The van der Waals surface area contributed by atoms with Gasteiger partial charge in [0.1, 0.15) is 11.6 Å². The Morgan fingerprint density at radius 3 is 2.53 bits per heavy atom. The molecule has 1 saturated carbocycles. The molecule has 0 bridgehead atoms. The lowest BCUT2D eigenvalue weighted by molar-refractivity contribution is -0.131. The van der Waals surface area contributed by atoms with Gasteiger partial charge in [0.25, 0.3) is 0 Å². The fraction of sp³-hybridized carbons (Fsp3) is 0.448. The van der Waals surface area contributed by atoms with Gasteiger partial charge in [-0.25, -0.2) is 4.79 Å². The maximum absolute atomic E-state index is 13.9. The van der Waals surface area contributed by atoms with Crippen LogP contribution >= 0.6 is 0 Å². The van der Waals surface area contributed by atoms with Crippen LogP contribution in [0.2, 0.25) is 0 Å². The average molecular weight is 492 g/mol. The number of nitrogens with zero attached hydrogens (tertiary/aromatic N) is 1. The predicted octanol–water partition coefficient (Wildman–Crippen LogP) is 4.58. The van der Waals surface area contributed by atoms with Gasteiger partial charge in [0, 0.05) is 23.5 Å². The molecule has 3 aromatic rings. The van der Waals surface area contributed by atoms with Gasteiger partial charge in [-0.2, -0.15) is 0 Å². The Labute approximate surface area is 212 Å². The van der Waals surface area contributed by atoms with Crippen LogP contribution in [0.15, 0.2) is 60.8 Å². The maximum Gasteiger partial charge on any atom is 0.411 e. The molecule has 1 aromatic heterocycles. The quantitative estimate of drug-likeness (QED) is 0.407. The summed E-state index contributed by atoms with van der Waals surface area (Å²) in [6.45, 7) is 3.44. The van der Waals surface area contributed by atoms with Crippen molar-refractivity contribution in [2.75, 3.05) is 6.61 Å². The number of aromatic nitrogens is 1. The SMILES string of the molecule is CC1CCCCC1OC(=O)N(C(CO)Cc1ccccc1)C(C)(Cc1c[nH]c2ccccc12)C(N)=O. The van der Waals surface area contributed by atoms with Crippen LogP contribution in [-0.2, 0) is 22.4 Å². The molecule has 0 aliphatic heterocycles. The van der Waals surface area contributed by atoms with Crippen molar-refractivity contribution in [1.82, 2.24) is 9.88 Å². The first-order valence-corrected chi connectivity index (χ1v) is 12.8. The van der Waals surface area contributed by atoms with Gasteiger partial charge < -0.3 is 20.6 Å². The van der Waals surface area contributed by atoms with E-state index in [0.717, 1.165) is 47.7 Å². The molecule has 1 aliphatic rings. The minimum absolute atomic E-state index is 0.187. The number of aliphatic hydroxyl groups is 1. The number of fused-ring (bicyclic) bond motifs is 1. The first kappa shape index (κ1) is 25.8. The molecule has 36 heavy (non-hydrogen) atoms. The number of para-hydroxylation sites is 1. The first-order valence-electron chi connectivity index (χ1n) is 12.8. The second-order valence-corrected chi connectivity index (χ2v) is 10.3. The lowest BCUT2D eigenvalue weighted by atomic mass is 9.87. The van der Waals surface area contributed by atoms with E-state index in [1.54, 1.807) is 6.92 Å². The number of aromatic amines is 1. The van der Waals surface area contributed by atoms with Gasteiger partial charge in [-0.1, -0.05) is 61.9 Å². The minimum Gasteiger partial charge on any atom is -0.446 e. The number of carbonyl (C=O) groups excluding carboxylic acids is 2. The number of aliphatic hydroxyl groups excluding tert-OH is 1. The smallest absolute Gasteiger partial charge is 0.411 e. The molecule has 192 valence electrons. The number of benzene rings is 2. The van der Waals surface area contributed by atoms with Crippen molar-refractivity contribution >= 4 is 22.9 Å². The van der Waals surface area contributed by atoms with Crippen LogP contribution in [-0.4, -0.2) is 51.3 Å². The second-order valence-electron chi connectivity index (χ2n) is 10.3. The molecule has 2 amide bonds. The summed E-state index contributed by atoms with van der Waals surface area (Å²) in [4.78, 5) is 31.7. The van der Waals surface area contributed by atoms with E-state index in [2.05, 4.69) is 11.9 Å². The highest BCUT2D eigenvalue weighted by Crippen LogP contribution is 2.32. The molecule has 4 N–H and O–H groups in total. The highest BCUT2D eigenvalue weighted by molar-refractivity contribution is 5.90. The Morgan fingerprint density at radius 2 is 1.83 bits per heavy atom. The zero-order chi connectivity index (χ0) is 25.7. The number of hydrogen-bond donors (Lipinski definition) is 3. The van der Waals surface area contributed by atoms with Crippen molar-refractivity contribution in [3.8, 4) is 0 Å². The second kappa shape index (κ2) is 11.2. The normalized spacial score (nSPS) is 20.4. The minimum atomic E-state index is -1.43. The van der Waals surface area contributed by atoms with E-state index < -0.39 is 23.6 Å². The van der Waals surface area contributed by atoms with Gasteiger partial charge in [0.15, 0.2) is 0 Å². The highest BCUT2D eigenvalue weighted by atomic mass is 16.6. The van der Waals surface area contributed by atoms with E-state index >= 15 is 0 Å². The molecule has 1 heterocycles. The summed E-state index contributed by atoms with van der Waals surface area (Å²) in [6.07, 6.45) is 5.47. The number of carbonyl (C=O) groups is 2. The fourth-order valence-electron chi connectivity index (χ4n) is 5.46. The molecule has 7 nitrogen and oxygen atoms in total. The zero-order valence-corrected chi connectivity index (χ0v) is 21.2. The Bertz CT molecular complexity index is 1180. The third-order valence-electron chi connectivity index (χ3n) is 7.64. The molecule has 1 aliphatic carbocycles. The van der Waals surface area contributed by atoms with E-state index in [-0.39, 0.29) is 25.0 Å². The van der Waals surface area contributed by atoms with Crippen LogP contribution in [0.1, 0.15) is 50.7 Å². The number of nitrogens with two attached hydrogens (primary N) is 1. The largest absolute Gasteiger partial charge is 0.446 e. The van der Waals surface area contributed by atoms with Gasteiger partial charge in [0.2, 0.25) is 5.91 Å². The average Bonchev–Trinajstić information content (AvgIpc) is 3.28. The molecule has 7 heteroatoms. The summed E-state index contributed by atoms with van der Waals surface area (Å²) in [7, 11) is 0. The zero-order valence-electron chi connectivity index (χ0n) is 21.2. The lowest BCUT2D eigenvalue weighted by Gasteiger charge is -2.44. The molecule has 0 saturated heterocycles. The van der Waals surface area contributed by atoms with Gasteiger partial charge in [-0.05, 0) is 55.7 Å². The summed E-state index contributed by atoms with van der Waals surface area (Å²) >= 11 is 0. The maximum atomic E-state index is 13.9. The number of amides is 2. The Morgan fingerprint density at radius 1 is 1.14 bits per heavy atom. The van der Waals surface area contributed by atoms with E-state index in [4.69, 9.17) is 10.5 Å². The van der Waals surface area contributed by atoms with Gasteiger partial charge in [-0.3, -0.25) is 9.69 Å². The van der Waals surface area contributed by atoms with Crippen molar-refractivity contribution < 1.29 is 19.4 Å². The molecule has 0 spiro atoms. The molecule has 4 atom stereocenters. The number of nitrogens with one attached hydrogen (secondary N) is 1. The van der Waals surface area contributed by atoms with E-state index in [0.29, 0.717) is 6.42 Å². The molecule has 2 aromatic carbocycles. The van der Waals surface area contributed by atoms with Crippen LogP contribution in [0.4, 0.5) is 4.79 Å². The number of hydrogen-bond acceptors (Lipinski definition) is 4. The van der Waals surface area contributed by atoms with Crippen LogP contribution in [0.5, 0.6) is 0 Å². The number of primary amides is 1. The molecule has 4 rings (SSSR count). The van der Waals surface area contributed by atoms with E-state index in [9.17, 15) is 14.7 Å². The summed E-state index contributed by atoms with van der Waals surface area (Å²) in [5.74, 6) is -0.410. The van der Waals surface area contributed by atoms with Gasteiger partial charge >= 0.3 is 6.09 Å². The summed E-state index contributed by atoms with van der Waals surface area (Å²) in [5.41, 5.74) is 7.36. The topological polar surface area (TPSA) is 109 Å². The molecular weight excluding hydrogens is 454 g/mol. The Hall–Kier alpha value is -3.32. The first-order chi connectivity index (χ1) is 17.3. The van der Waals surface area contributed by atoms with Crippen molar-refractivity contribution in [3.63, 3.8) is 0 Å².